The first-order valence-corrected chi connectivity index (χ1v) is 8.33. The highest BCUT2D eigenvalue weighted by Gasteiger charge is 2.34. The number of carbonyl (C=O) groups is 3. The minimum absolute atomic E-state index is 0.122. The molecule has 1 aromatic carbocycles. The van der Waals surface area contributed by atoms with Crippen LogP contribution in [-0.4, -0.2) is 54.7 Å². The highest BCUT2D eigenvalue weighted by Crippen LogP contribution is 2.20. The molecule has 0 bridgehead atoms. The molecule has 7 heteroatoms. The Kier molecular flexibility index (Phi) is 6.04. The van der Waals surface area contributed by atoms with Gasteiger partial charge in [-0.25, -0.2) is 0 Å². The molecule has 1 unspecified atom stereocenters. The van der Waals surface area contributed by atoms with Gasteiger partial charge in [0, 0.05) is 18.0 Å². The average Bonchev–Trinajstić information content (AvgIpc) is 2.55. The van der Waals surface area contributed by atoms with E-state index >= 15 is 0 Å². The Balaban J connectivity index is 1.98. The van der Waals surface area contributed by atoms with Crippen molar-refractivity contribution in [2.75, 3.05) is 26.0 Å². The Hall–Kier alpha value is -2.02. The van der Waals surface area contributed by atoms with Crippen molar-refractivity contribution in [2.24, 2.45) is 0 Å². The lowest BCUT2D eigenvalue weighted by Crippen LogP contribution is -2.58. The summed E-state index contributed by atoms with van der Waals surface area (Å²) in [6, 6.07) is 7.11. The van der Waals surface area contributed by atoms with Gasteiger partial charge in [-0.3, -0.25) is 14.4 Å². The fourth-order valence-electron chi connectivity index (χ4n) is 2.32. The van der Waals surface area contributed by atoms with Gasteiger partial charge in [0.05, 0.1) is 19.3 Å². The molecule has 1 N–H and O–H groups in total. The average molecular weight is 336 g/mol. The highest BCUT2D eigenvalue weighted by molar-refractivity contribution is 8.00. The van der Waals surface area contributed by atoms with Gasteiger partial charge in [-0.2, -0.15) is 0 Å². The van der Waals surface area contributed by atoms with E-state index in [0.717, 1.165) is 10.5 Å². The summed E-state index contributed by atoms with van der Waals surface area (Å²) >= 11 is 1.42. The van der Waals surface area contributed by atoms with Crippen LogP contribution in [0.2, 0.25) is 0 Å². The predicted octanol–water partition coefficient (Wildman–Crippen LogP) is 0.977. The van der Waals surface area contributed by atoms with Crippen molar-refractivity contribution in [3.8, 4) is 0 Å². The Morgan fingerprint density at radius 2 is 2.04 bits per heavy atom. The third kappa shape index (κ3) is 4.72. The lowest BCUT2D eigenvalue weighted by molar-refractivity contribution is -0.149. The standard InChI is InChI=1S/C16H20N2O4S/c1-11-3-5-12(6-4-11)23-10-14(19)18-8-7-17-16(21)13(18)9-15(20)22-2/h3-6,13H,7-10H2,1-2H3,(H,17,21). The number of rotatable bonds is 5. The molecule has 1 aliphatic heterocycles. The molecule has 2 amide bonds. The summed E-state index contributed by atoms with van der Waals surface area (Å²) < 4.78 is 4.61. The molecule has 0 spiro atoms. The van der Waals surface area contributed by atoms with Crippen LogP contribution in [0.25, 0.3) is 0 Å². The van der Waals surface area contributed by atoms with E-state index in [4.69, 9.17) is 0 Å². The Morgan fingerprint density at radius 1 is 1.35 bits per heavy atom. The molecule has 0 aliphatic carbocycles. The van der Waals surface area contributed by atoms with Crippen molar-refractivity contribution in [3.63, 3.8) is 0 Å². The number of piperazine rings is 1. The zero-order valence-corrected chi connectivity index (χ0v) is 14.0. The molecular formula is C16H20N2O4S. The van der Waals surface area contributed by atoms with Crippen LogP contribution in [-0.2, 0) is 19.1 Å². The van der Waals surface area contributed by atoms with Crippen LogP contribution >= 0.6 is 11.8 Å². The van der Waals surface area contributed by atoms with Gasteiger partial charge in [-0.15, -0.1) is 11.8 Å². The summed E-state index contributed by atoms with van der Waals surface area (Å²) in [6.07, 6.45) is -0.122. The van der Waals surface area contributed by atoms with Gasteiger partial charge in [0.15, 0.2) is 0 Å². The number of carbonyl (C=O) groups excluding carboxylic acids is 3. The van der Waals surface area contributed by atoms with Crippen molar-refractivity contribution >= 4 is 29.5 Å². The van der Waals surface area contributed by atoms with E-state index in [1.165, 1.54) is 23.8 Å². The molecule has 6 nitrogen and oxygen atoms in total. The van der Waals surface area contributed by atoms with Crippen molar-refractivity contribution in [3.05, 3.63) is 29.8 Å². The van der Waals surface area contributed by atoms with Crippen molar-refractivity contribution in [1.29, 1.82) is 0 Å². The number of nitrogens with zero attached hydrogens (tertiary/aromatic N) is 1. The summed E-state index contributed by atoms with van der Waals surface area (Å²) in [6.45, 7) is 2.81. The number of methoxy groups -OCH3 is 1. The predicted molar refractivity (Wildman–Crippen MR) is 87.0 cm³/mol. The molecule has 0 radical (unpaired) electrons. The summed E-state index contributed by atoms with van der Waals surface area (Å²) in [4.78, 5) is 38.3. The molecule has 23 heavy (non-hydrogen) atoms. The second kappa shape index (κ2) is 8.01. The molecule has 2 rings (SSSR count). The molecule has 1 fully saturated rings. The van der Waals surface area contributed by atoms with Gasteiger partial charge >= 0.3 is 5.97 Å². The van der Waals surface area contributed by atoms with Gasteiger partial charge in [-0.1, -0.05) is 17.7 Å². The Bertz CT molecular complexity index is 588. The SMILES string of the molecule is COC(=O)CC1C(=O)NCCN1C(=O)CSc1ccc(C)cc1. The first-order chi connectivity index (χ1) is 11.0. The molecule has 1 aromatic rings. The van der Waals surface area contributed by atoms with Crippen LogP contribution in [0.15, 0.2) is 29.2 Å². The minimum Gasteiger partial charge on any atom is -0.469 e. The van der Waals surface area contributed by atoms with E-state index in [9.17, 15) is 14.4 Å². The number of amides is 2. The van der Waals surface area contributed by atoms with Crippen molar-refractivity contribution in [1.82, 2.24) is 10.2 Å². The number of ether oxygens (including phenoxy) is 1. The van der Waals surface area contributed by atoms with Crippen molar-refractivity contribution < 1.29 is 19.1 Å². The normalized spacial score (nSPS) is 17.6. The first kappa shape index (κ1) is 17.3. The fourth-order valence-corrected chi connectivity index (χ4v) is 3.10. The summed E-state index contributed by atoms with van der Waals surface area (Å²) in [5.74, 6) is -0.737. The molecule has 1 aliphatic rings. The van der Waals surface area contributed by atoms with Crippen LogP contribution in [0.5, 0.6) is 0 Å². The van der Waals surface area contributed by atoms with E-state index in [2.05, 4.69) is 10.1 Å². The van der Waals surface area contributed by atoms with Crippen molar-refractivity contribution in [2.45, 2.75) is 24.3 Å². The quantitative estimate of drug-likeness (QED) is 0.641. The van der Waals surface area contributed by atoms with Crippen LogP contribution in [0.3, 0.4) is 0 Å². The lowest BCUT2D eigenvalue weighted by Gasteiger charge is -2.34. The number of benzene rings is 1. The van der Waals surface area contributed by atoms with E-state index < -0.39 is 12.0 Å². The van der Waals surface area contributed by atoms with E-state index in [1.54, 1.807) is 0 Å². The molecule has 0 saturated carbocycles. The molecule has 1 saturated heterocycles. The highest BCUT2D eigenvalue weighted by atomic mass is 32.2. The third-order valence-corrected chi connectivity index (χ3v) is 4.62. The maximum Gasteiger partial charge on any atom is 0.308 e. The minimum atomic E-state index is -0.790. The Labute approximate surface area is 139 Å². The number of thioether (sulfide) groups is 1. The maximum atomic E-state index is 12.4. The third-order valence-electron chi connectivity index (χ3n) is 3.62. The molecule has 1 heterocycles. The van der Waals surface area contributed by atoms with Crippen LogP contribution < -0.4 is 5.32 Å². The van der Waals surface area contributed by atoms with Gasteiger partial charge in [0.1, 0.15) is 6.04 Å². The van der Waals surface area contributed by atoms with Gasteiger partial charge in [0.2, 0.25) is 11.8 Å². The topological polar surface area (TPSA) is 75.7 Å². The van der Waals surface area contributed by atoms with Gasteiger partial charge in [-0.05, 0) is 19.1 Å². The molecule has 124 valence electrons. The monoisotopic (exact) mass is 336 g/mol. The second-order valence-electron chi connectivity index (χ2n) is 5.28. The Morgan fingerprint density at radius 3 is 2.70 bits per heavy atom. The van der Waals surface area contributed by atoms with E-state index in [-0.39, 0.29) is 24.0 Å². The first-order valence-electron chi connectivity index (χ1n) is 7.34. The van der Waals surface area contributed by atoms with Crippen LogP contribution in [0.4, 0.5) is 0 Å². The summed E-state index contributed by atoms with van der Waals surface area (Å²) in [5.41, 5.74) is 1.16. The summed E-state index contributed by atoms with van der Waals surface area (Å²) in [5, 5.41) is 2.68. The van der Waals surface area contributed by atoms with Gasteiger partial charge < -0.3 is 15.0 Å². The van der Waals surface area contributed by atoms with E-state index in [0.29, 0.717) is 13.1 Å². The van der Waals surface area contributed by atoms with E-state index in [1.807, 2.05) is 31.2 Å². The zero-order chi connectivity index (χ0) is 16.8. The number of nitrogens with one attached hydrogen (secondary N) is 1. The number of esters is 1. The number of hydrogen-bond donors (Lipinski definition) is 1. The van der Waals surface area contributed by atoms with Crippen LogP contribution in [0.1, 0.15) is 12.0 Å². The second-order valence-corrected chi connectivity index (χ2v) is 6.32. The zero-order valence-electron chi connectivity index (χ0n) is 13.2. The van der Waals surface area contributed by atoms with Crippen LogP contribution in [0, 0.1) is 6.92 Å². The maximum absolute atomic E-state index is 12.4. The smallest absolute Gasteiger partial charge is 0.308 e. The van der Waals surface area contributed by atoms with Gasteiger partial charge in [0.25, 0.3) is 0 Å². The lowest BCUT2D eigenvalue weighted by atomic mass is 10.1. The largest absolute Gasteiger partial charge is 0.469 e. The molecular weight excluding hydrogens is 316 g/mol. The molecule has 1 atom stereocenters. The molecule has 0 aromatic heterocycles. The fraction of sp³-hybridized carbons (Fsp3) is 0.438. The number of aryl methyl sites for hydroxylation is 1. The summed E-state index contributed by atoms with van der Waals surface area (Å²) in [7, 11) is 1.27. The number of hydrogen-bond acceptors (Lipinski definition) is 5.